The number of hydrazone groups is 1. The molecule has 1 N–H and O–H groups in total. The van der Waals surface area contributed by atoms with Crippen molar-refractivity contribution in [1.29, 1.82) is 0 Å². The Morgan fingerprint density at radius 1 is 0.875 bits per heavy atom. The molecule has 6 nitrogen and oxygen atoms in total. The highest BCUT2D eigenvalue weighted by Crippen LogP contribution is 2.29. The van der Waals surface area contributed by atoms with Crippen molar-refractivity contribution < 1.29 is 19.1 Å². The van der Waals surface area contributed by atoms with Crippen LogP contribution >= 0.6 is 46.4 Å². The molecule has 0 bridgehead atoms. The second-order valence-corrected chi connectivity index (χ2v) is 7.91. The Morgan fingerprint density at radius 3 is 2.34 bits per heavy atom. The second-order valence-electron chi connectivity index (χ2n) is 6.25. The van der Waals surface area contributed by atoms with Crippen molar-refractivity contribution in [2.45, 2.75) is 0 Å². The Hall–Kier alpha value is -2.77. The second kappa shape index (κ2) is 10.7. The molecule has 32 heavy (non-hydrogen) atoms. The lowest BCUT2D eigenvalue weighted by Gasteiger charge is -2.10. The van der Waals surface area contributed by atoms with Gasteiger partial charge in [-0.15, -0.1) is 0 Å². The number of esters is 1. The van der Waals surface area contributed by atoms with Gasteiger partial charge in [-0.05, 0) is 60.2 Å². The maximum atomic E-state index is 12.4. The van der Waals surface area contributed by atoms with Crippen LogP contribution < -0.4 is 14.9 Å². The molecule has 0 aliphatic rings. The molecule has 1 amide bonds. The SMILES string of the molecule is COc1cc(C=NNC(=O)c2ccc(Cl)cc2Cl)ccc1OC(=O)c1ccc(Cl)c(Cl)c1. The Labute approximate surface area is 203 Å². The van der Waals surface area contributed by atoms with E-state index in [4.69, 9.17) is 55.9 Å². The number of methoxy groups -OCH3 is 1. The molecule has 0 saturated carbocycles. The van der Waals surface area contributed by atoms with Crippen molar-refractivity contribution in [3.8, 4) is 11.5 Å². The van der Waals surface area contributed by atoms with E-state index in [1.165, 1.54) is 49.7 Å². The van der Waals surface area contributed by atoms with Crippen LogP contribution in [-0.4, -0.2) is 25.2 Å². The number of hydrogen-bond donors (Lipinski definition) is 1. The highest BCUT2D eigenvalue weighted by molar-refractivity contribution is 6.42. The molecule has 164 valence electrons. The largest absolute Gasteiger partial charge is 0.493 e. The number of benzene rings is 3. The van der Waals surface area contributed by atoms with Crippen LogP contribution in [0.5, 0.6) is 11.5 Å². The van der Waals surface area contributed by atoms with E-state index in [1.807, 2.05) is 0 Å². The van der Waals surface area contributed by atoms with Gasteiger partial charge in [0, 0.05) is 5.02 Å². The molecule has 0 radical (unpaired) electrons. The molecule has 0 atom stereocenters. The van der Waals surface area contributed by atoms with Gasteiger partial charge in [0.05, 0.1) is 39.5 Å². The van der Waals surface area contributed by atoms with E-state index in [0.29, 0.717) is 15.6 Å². The van der Waals surface area contributed by atoms with Crippen LogP contribution in [0.2, 0.25) is 20.1 Å². The van der Waals surface area contributed by atoms with E-state index >= 15 is 0 Å². The Kier molecular flexibility index (Phi) is 7.99. The third kappa shape index (κ3) is 5.93. The quantitative estimate of drug-likeness (QED) is 0.182. The molecule has 0 aliphatic carbocycles. The Balaban J connectivity index is 1.69. The lowest BCUT2D eigenvalue weighted by atomic mass is 10.2. The Bertz CT molecular complexity index is 1210. The number of hydrogen-bond acceptors (Lipinski definition) is 5. The molecule has 10 heteroatoms. The van der Waals surface area contributed by atoms with Gasteiger partial charge in [-0.2, -0.15) is 5.10 Å². The zero-order chi connectivity index (χ0) is 23.3. The molecule has 0 saturated heterocycles. The summed E-state index contributed by atoms with van der Waals surface area (Å²) in [5, 5.41) is 5.10. The topological polar surface area (TPSA) is 77.0 Å². The van der Waals surface area contributed by atoms with Crippen LogP contribution in [0.4, 0.5) is 0 Å². The number of amides is 1. The van der Waals surface area contributed by atoms with Gasteiger partial charge in [-0.3, -0.25) is 4.79 Å². The zero-order valence-corrected chi connectivity index (χ0v) is 19.4. The molecule has 3 aromatic carbocycles. The first-order valence-corrected chi connectivity index (χ1v) is 10.4. The number of nitrogens with one attached hydrogen (secondary N) is 1. The number of ether oxygens (including phenoxy) is 2. The predicted molar refractivity (Wildman–Crippen MR) is 126 cm³/mol. The van der Waals surface area contributed by atoms with E-state index < -0.39 is 11.9 Å². The smallest absolute Gasteiger partial charge is 0.343 e. The normalized spacial score (nSPS) is 10.8. The van der Waals surface area contributed by atoms with E-state index in [2.05, 4.69) is 10.5 Å². The molecule has 0 unspecified atom stereocenters. The van der Waals surface area contributed by atoms with Gasteiger partial charge in [0.2, 0.25) is 0 Å². The first-order chi connectivity index (χ1) is 15.3. The van der Waals surface area contributed by atoms with Crippen molar-refractivity contribution in [1.82, 2.24) is 5.43 Å². The van der Waals surface area contributed by atoms with Gasteiger partial charge in [-0.1, -0.05) is 46.4 Å². The van der Waals surface area contributed by atoms with E-state index in [1.54, 1.807) is 18.2 Å². The number of carbonyl (C=O) groups excluding carboxylic acids is 2. The molecular formula is C22H14Cl4N2O4. The average molecular weight is 512 g/mol. The minimum Gasteiger partial charge on any atom is -0.493 e. The number of rotatable bonds is 6. The fourth-order valence-electron chi connectivity index (χ4n) is 2.53. The number of carbonyl (C=O) groups is 2. The van der Waals surface area contributed by atoms with Crippen molar-refractivity contribution >= 4 is 64.5 Å². The summed E-state index contributed by atoms with van der Waals surface area (Å²) in [5.74, 6) is -0.649. The fraction of sp³-hybridized carbons (Fsp3) is 0.0455. The summed E-state index contributed by atoms with van der Waals surface area (Å²) in [5.41, 5.74) is 3.42. The third-order valence-corrected chi connectivity index (χ3v) is 5.39. The van der Waals surface area contributed by atoms with Gasteiger partial charge in [-0.25, -0.2) is 10.2 Å². The average Bonchev–Trinajstić information content (AvgIpc) is 2.76. The summed E-state index contributed by atoms with van der Waals surface area (Å²) < 4.78 is 10.7. The highest BCUT2D eigenvalue weighted by atomic mass is 35.5. The summed E-state index contributed by atoms with van der Waals surface area (Å²) in [4.78, 5) is 24.6. The van der Waals surface area contributed by atoms with E-state index in [9.17, 15) is 9.59 Å². The summed E-state index contributed by atoms with van der Waals surface area (Å²) in [6.07, 6.45) is 1.40. The molecule has 0 fully saturated rings. The number of halogens is 4. The van der Waals surface area contributed by atoms with Gasteiger partial charge in [0.1, 0.15) is 0 Å². The third-order valence-electron chi connectivity index (χ3n) is 4.10. The van der Waals surface area contributed by atoms with Crippen molar-refractivity contribution in [3.63, 3.8) is 0 Å². The van der Waals surface area contributed by atoms with E-state index in [0.717, 1.165) is 0 Å². The van der Waals surface area contributed by atoms with Crippen LogP contribution in [0.25, 0.3) is 0 Å². The summed E-state index contributed by atoms with van der Waals surface area (Å²) >= 11 is 23.6. The monoisotopic (exact) mass is 510 g/mol. The lowest BCUT2D eigenvalue weighted by molar-refractivity contribution is 0.0729. The fourth-order valence-corrected chi connectivity index (χ4v) is 3.32. The van der Waals surface area contributed by atoms with Gasteiger partial charge in [0.15, 0.2) is 11.5 Å². The van der Waals surface area contributed by atoms with Crippen LogP contribution in [0.15, 0.2) is 59.7 Å². The minimum absolute atomic E-state index is 0.192. The zero-order valence-electron chi connectivity index (χ0n) is 16.4. The number of nitrogens with zero attached hydrogens (tertiary/aromatic N) is 1. The van der Waals surface area contributed by atoms with Crippen molar-refractivity contribution in [3.05, 3.63) is 91.4 Å². The van der Waals surface area contributed by atoms with Gasteiger partial charge < -0.3 is 9.47 Å². The molecular weight excluding hydrogens is 498 g/mol. The summed E-state index contributed by atoms with van der Waals surface area (Å²) in [7, 11) is 1.43. The molecule has 0 heterocycles. The summed E-state index contributed by atoms with van der Waals surface area (Å²) in [6.45, 7) is 0. The van der Waals surface area contributed by atoms with Crippen molar-refractivity contribution in [2.24, 2.45) is 5.10 Å². The molecule has 0 spiro atoms. The van der Waals surface area contributed by atoms with Crippen LogP contribution in [0, 0.1) is 0 Å². The molecule has 3 aromatic rings. The van der Waals surface area contributed by atoms with Gasteiger partial charge >= 0.3 is 5.97 Å². The first kappa shape index (κ1) is 23.9. The maximum Gasteiger partial charge on any atom is 0.343 e. The standard InChI is InChI=1S/C22H14Cl4N2O4/c1-31-20-8-12(11-27-28-21(29)15-5-4-14(23)10-17(15)25)2-7-19(20)32-22(30)13-3-6-16(24)18(26)9-13/h2-11H,1H3,(H,28,29). The van der Waals surface area contributed by atoms with Crippen molar-refractivity contribution in [2.75, 3.05) is 7.11 Å². The van der Waals surface area contributed by atoms with Crippen LogP contribution in [0.3, 0.4) is 0 Å². The summed E-state index contributed by atoms with van der Waals surface area (Å²) in [6, 6.07) is 13.7. The Morgan fingerprint density at radius 2 is 1.66 bits per heavy atom. The predicted octanol–water partition coefficient (Wildman–Crippen LogP) is 6.29. The highest BCUT2D eigenvalue weighted by Gasteiger charge is 2.14. The van der Waals surface area contributed by atoms with E-state index in [-0.39, 0.29) is 32.7 Å². The molecule has 0 aromatic heterocycles. The van der Waals surface area contributed by atoms with Crippen LogP contribution in [-0.2, 0) is 0 Å². The first-order valence-electron chi connectivity index (χ1n) is 8.92. The van der Waals surface area contributed by atoms with Gasteiger partial charge in [0.25, 0.3) is 5.91 Å². The van der Waals surface area contributed by atoms with Crippen LogP contribution in [0.1, 0.15) is 26.3 Å². The lowest BCUT2D eigenvalue weighted by Crippen LogP contribution is -2.18. The molecule has 0 aliphatic heterocycles. The molecule has 3 rings (SSSR count). The minimum atomic E-state index is -0.629. The maximum absolute atomic E-state index is 12.4.